The molecule has 0 spiro atoms. The average Bonchev–Trinajstić information content (AvgIpc) is 2.05. The molecule has 0 saturated carbocycles. The van der Waals surface area contributed by atoms with E-state index >= 15 is 0 Å². The van der Waals surface area contributed by atoms with E-state index in [1.54, 1.807) is 7.05 Å². The van der Waals surface area contributed by atoms with Gasteiger partial charge in [0.1, 0.15) is 0 Å². The minimum absolute atomic E-state index is 0.0292. The van der Waals surface area contributed by atoms with Crippen molar-refractivity contribution in [1.29, 1.82) is 0 Å². The third-order valence-corrected chi connectivity index (χ3v) is 2.31. The minimum atomic E-state index is -0.0292. The summed E-state index contributed by atoms with van der Waals surface area (Å²) in [5.74, 6) is 0. The maximum atomic E-state index is 9.50. The molecule has 0 aromatic heterocycles. The van der Waals surface area contributed by atoms with Gasteiger partial charge in [0.25, 0.3) is 0 Å². The zero-order valence-electron chi connectivity index (χ0n) is 9.50. The van der Waals surface area contributed by atoms with E-state index in [4.69, 9.17) is 0 Å². The number of nitrogens with one attached hydrogen (secondary N) is 1. The largest absolute Gasteiger partial charge is 0.379 e. The van der Waals surface area contributed by atoms with E-state index in [9.17, 15) is 5.21 Å². The van der Waals surface area contributed by atoms with Gasteiger partial charge in [-0.3, -0.25) is 10.3 Å². The molecule has 15 heavy (non-hydrogen) atoms. The fourth-order valence-corrected chi connectivity index (χ4v) is 1.63. The van der Waals surface area contributed by atoms with Crippen molar-refractivity contribution in [3.05, 3.63) is 22.7 Å². The Morgan fingerprint density at radius 3 is 2.40 bits per heavy atom. The molecule has 4 heteroatoms. The number of nitrogens with zero attached hydrogens (tertiary/aromatic N) is 1. The van der Waals surface area contributed by atoms with Crippen LogP contribution in [0.4, 0.5) is 11.4 Å². The number of halogens is 1. The van der Waals surface area contributed by atoms with Crippen LogP contribution in [-0.4, -0.2) is 17.8 Å². The van der Waals surface area contributed by atoms with E-state index in [1.165, 1.54) is 0 Å². The van der Waals surface area contributed by atoms with Crippen molar-refractivity contribution in [2.24, 2.45) is 0 Å². The van der Waals surface area contributed by atoms with Crippen LogP contribution in [0.1, 0.15) is 20.8 Å². The van der Waals surface area contributed by atoms with Crippen LogP contribution in [0.3, 0.4) is 0 Å². The lowest BCUT2D eigenvalue weighted by Gasteiger charge is -2.25. The Kier molecular flexibility index (Phi) is 3.62. The molecule has 0 bridgehead atoms. The second-order valence-electron chi connectivity index (χ2n) is 4.56. The standard InChI is InChI=1S/C11H17BrN2O/c1-11(2,3)13-9-6-5-8(12)7-10(9)14(4)15/h5-7,13,15H,1-4H3. The first-order valence-electron chi connectivity index (χ1n) is 4.80. The molecular weight excluding hydrogens is 256 g/mol. The summed E-state index contributed by atoms with van der Waals surface area (Å²) in [7, 11) is 1.61. The number of rotatable bonds is 2. The summed E-state index contributed by atoms with van der Waals surface area (Å²) < 4.78 is 0.942. The van der Waals surface area contributed by atoms with Crippen molar-refractivity contribution in [2.45, 2.75) is 26.3 Å². The zero-order chi connectivity index (χ0) is 11.6. The molecule has 1 rings (SSSR count). The van der Waals surface area contributed by atoms with Crippen molar-refractivity contribution in [2.75, 3.05) is 17.4 Å². The van der Waals surface area contributed by atoms with E-state index in [0.717, 1.165) is 20.9 Å². The van der Waals surface area contributed by atoms with E-state index in [1.807, 2.05) is 18.2 Å². The number of hydrogen-bond acceptors (Lipinski definition) is 3. The molecule has 0 radical (unpaired) electrons. The molecule has 1 aromatic rings. The van der Waals surface area contributed by atoms with Gasteiger partial charge in [0.15, 0.2) is 0 Å². The summed E-state index contributed by atoms with van der Waals surface area (Å²) in [6, 6.07) is 5.76. The second kappa shape index (κ2) is 4.41. The summed E-state index contributed by atoms with van der Waals surface area (Å²) in [5.41, 5.74) is 1.63. The highest BCUT2D eigenvalue weighted by atomic mass is 79.9. The molecule has 0 fully saturated rings. The van der Waals surface area contributed by atoms with Crippen LogP contribution in [0.25, 0.3) is 0 Å². The first-order chi connectivity index (χ1) is 6.79. The van der Waals surface area contributed by atoms with Crippen molar-refractivity contribution in [3.63, 3.8) is 0 Å². The summed E-state index contributed by atoms with van der Waals surface area (Å²) in [5, 5.41) is 13.9. The topological polar surface area (TPSA) is 35.5 Å². The zero-order valence-corrected chi connectivity index (χ0v) is 11.1. The molecular formula is C11H17BrN2O. The molecule has 0 unspecified atom stereocenters. The van der Waals surface area contributed by atoms with Gasteiger partial charge >= 0.3 is 0 Å². The lowest BCUT2D eigenvalue weighted by atomic mass is 10.1. The Labute approximate surface area is 99.2 Å². The van der Waals surface area contributed by atoms with E-state index in [0.29, 0.717) is 0 Å². The smallest absolute Gasteiger partial charge is 0.0873 e. The number of hydrogen-bond donors (Lipinski definition) is 2. The Morgan fingerprint density at radius 2 is 1.93 bits per heavy atom. The molecule has 3 nitrogen and oxygen atoms in total. The normalized spacial score (nSPS) is 11.3. The first kappa shape index (κ1) is 12.3. The van der Waals surface area contributed by atoms with E-state index in [2.05, 4.69) is 42.0 Å². The third kappa shape index (κ3) is 3.72. The summed E-state index contributed by atoms with van der Waals surface area (Å²) >= 11 is 3.38. The maximum absolute atomic E-state index is 9.50. The van der Waals surface area contributed by atoms with Crippen LogP contribution < -0.4 is 10.4 Å². The van der Waals surface area contributed by atoms with Crippen LogP contribution in [0.5, 0.6) is 0 Å². The number of hydroxylamine groups is 1. The Morgan fingerprint density at radius 1 is 1.33 bits per heavy atom. The van der Waals surface area contributed by atoms with Crippen LogP contribution in [0, 0.1) is 0 Å². The fourth-order valence-electron chi connectivity index (χ4n) is 1.28. The lowest BCUT2D eigenvalue weighted by Crippen LogP contribution is -2.27. The number of anilines is 2. The predicted molar refractivity (Wildman–Crippen MR) is 67.7 cm³/mol. The highest BCUT2D eigenvalue weighted by Gasteiger charge is 2.13. The molecule has 2 N–H and O–H groups in total. The summed E-state index contributed by atoms with van der Waals surface area (Å²) in [6.07, 6.45) is 0. The van der Waals surface area contributed by atoms with Crippen molar-refractivity contribution >= 4 is 27.3 Å². The summed E-state index contributed by atoms with van der Waals surface area (Å²) in [4.78, 5) is 0. The molecule has 0 aliphatic carbocycles. The lowest BCUT2D eigenvalue weighted by molar-refractivity contribution is 0.279. The van der Waals surface area contributed by atoms with Gasteiger partial charge in [-0.05, 0) is 39.0 Å². The second-order valence-corrected chi connectivity index (χ2v) is 5.48. The molecule has 84 valence electrons. The summed E-state index contributed by atoms with van der Waals surface area (Å²) in [6.45, 7) is 6.24. The van der Waals surface area contributed by atoms with Gasteiger partial charge in [-0.15, -0.1) is 0 Å². The quantitative estimate of drug-likeness (QED) is 0.810. The minimum Gasteiger partial charge on any atom is -0.379 e. The van der Waals surface area contributed by atoms with Gasteiger partial charge in [0.2, 0.25) is 0 Å². The highest BCUT2D eigenvalue weighted by Crippen LogP contribution is 2.29. The molecule has 0 aliphatic rings. The van der Waals surface area contributed by atoms with E-state index in [-0.39, 0.29) is 5.54 Å². The van der Waals surface area contributed by atoms with Gasteiger partial charge in [-0.25, -0.2) is 0 Å². The van der Waals surface area contributed by atoms with Crippen LogP contribution in [0.2, 0.25) is 0 Å². The molecule has 0 aliphatic heterocycles. The predicted octanol–water partition coefficient (Wildman–Crippen LogP) is 3.48. The molecule has 0 heterocycles. The van der Waals surface area contributed by atoms with E-state index < -0.39 is 0 Å². The SMILES string of the molecule is CN(O)c1cc(Br)ccc1NC(C)(C)C. The Balaban J connectivity index is 3.06. The fraction of sp³-hybridized carbons (Fsp3) is 0.455. The monoisotopic (exact) mass is 272 g/mol. The molecule has 0 atom stereocenters. The van der Waals surface area contributed by atoms with Gasteiger partial charge in [-0.1, -0.05) is 15.9 Å². The van der Waals surface area contributed by atoms with Gasteiger partial charge < -0.3 is 5.32 Å². The van der Waals surface area contributed by atoms with Crippen molar-refractivity contribution in [1.82, 2.24) is 0 Å². The molecule has 0 saturated heterocycles. The van der Waals surface area contributed by atoms with Crippen LogP contribution >= 0.6 is 15.9 Å². The van der Waals surface area contributed by atoms with Gasteiger partial charge in [0, 0.05) is 17.1 Å². The molecule has 1 aromatic carbocycles. The van der Waals surface area contributed by atoms with Crippen LogP contribution in [0.15, 0.2) is 22.7 Å². The van der Waals surface area contributed by atoms with Crippen molar-refractivity contribution in [3.8, 4) is 0 Å². The Bertz CT molecular complexity index is 345. The maximum Gasteiger partial charge on any atom is 0.0873 e. The Hall–Kier alpha value is -0.740. The first-order valence-corrected chi connectivity index (χ1v) is 5.59. The molecule has 0 amide bonds. The van der Waals surface area contributed by atoms with Gasteiger partial charge in [0.05, 0.1) is 11.4 Å². The third-order valence-electron chi connectivity index (χ3n) is 1.82. The average molecular weight is 273 g/mol. The van der Waals surface area contributed by atoms with Crippen molar-refractivity contribution < 1.29 is 5.21 Å². The van der Waals surface area contributed by atoms with Gasteiger partial charge in [-0.2, -0.15) is 0 Å². The number of benzene rings is 1. The van der Waals surface area contributed by atoms with Crippen LogP contribution in [-0.2, 0) is 0 Å². The highest BCUT2D eigenvalue weighted by molar-refractivity contribution is 9.10.